The third kappa shape index (κ3) is 3.03. The quantitative estimate of drug-likeness (QED) is 0.660. The molecule has 1 heterocycles. The van der Waals surface area contributed by atoms with Crippen LogP contribution in [0.3, 0.4) is 0 Å². The molecular formula is C14H15N3O3. The third-order valence-corrected chi connectivity index (χ3v) is 3.01. The zero-order chi connectivity index (χ0) is 14.7. The van der Waals surface area contributed by atoms with Crippen LogP contribution in [0.2, 0.25) is 0 Å². The molecule has 0 aliphatic heterocycles. The van der Waals surface area contributed by atoms with Gasteiger partial charge in [-0.25, -0.2) is 0 Å². The van der Waals surface area contributed by atoms with Gasteiger partial charge in [0.2, 0.25) is 0 Å². The molecule has 0 amide bonds. The van der Waals surface area contributed by atoms with E-state index in [9.17, 15) is 10.1 Å². The normalized spacial score (nSPS) is 10.3. The Kier molecular flexibility index (Phi) is 3.84. The highest BCUT2D eigenvalue weighted by Crippen LogP contribution is 2.26. The molecule has 2 rings (SSSR count). The van der Waals surface area contributed by atoms with E-state index in [-0.39, 0.29) is 11.4 Å². The van der Waals surface area contributed by atoms with E-state index in [0.717, 1.165) is 11.3 Å². The van der Waals surface area contributed by atoms with Gasteiger partial charge >= 0.3 is 0 Å². The molecule has 0 aliphatic rings. The molecule has 2 aromatic rings. The summed E-state index contributed by atoms with van der Waals surface area (Å²) in [6.07, 6.45) is 1.36. The minimum absolute atomic E-state index is 0.0942. The summed E-state index contributed by atoms with van der Waals surface area (Å²) in [5, 5.41) is 23.2. The number of anilines is 1. The molecule has 0 fully saturated rings. The average Bonchev–Trinajstić information content (AvgIpc) is 2.39. The number of hydrogen-bond donors (Lipinski definition) is 2. The minimum atomic E-state index is -0.390. The lowest BCUT2D eigenvalue weighted by Gasteiger charge is -2.10. The van der Waals surface area contributed by atoms with Gasteiger partial charge in [0.05, 0.1) is 23.4 Å². The number of rotatable bonds is 4. The summed E-state index contributed by atoms with van der Waals surface area (Å²) in [5.41, 5.74) is 3.12. The van der Waals surface area contributed by atoms with Crippen molar-refractivity contribution in [3.05, 3.63) is 57.4 Å². The number of aryl methyl sites for hydroxylation is 2. The molecule has 0 saturated heterocycles. The Morgan fingerprint density at radius 3 is 2.65 bits per heavy atom. The van der Waals surface area contributed by atoms with Crippen molar-refractivity contribution in [1.82, 2.24) is 4.98 Å². The molecule has 1 aromatic carbocycles. The Morgan fingerprint density at radius 2 is 2.05 bits per heavy atom. The van der Waals surface area contributed by atoms with Gasteiger partial charge in [0.15, 0.2) is 0 Å². The van der Waals surface area contributed by atoms with E-state index >= 15 is 0 Å². The van der Waals surface area contributed by atoms with Crippen molar-refractivity contribution >= 4 is 11.4 Å². The summed E-state index contributed by atoms with van der Waals surface area (Å²) < 4.78 is 0. The molecule has 0 bridgehead atoms. The Bertz CT molecular complexity index is 639. The van der Waals surface area contributed by atoms with Crippen molar-refractivity contribution in [3.63, 3.8) is 0 Å². The Morgan fingerprint density at radius 1 is 1.30 bits per heavy atom. The number of aromatic hydroxyl groups is 1. The maximum atomic E-state index is 10.9. The second-order valence-electron chi connectivity index (χ2n) is 4.57. The van der Waals surface area contributed by atoms with E-state index < -0.39 is 4.92 Å². The summed E-state index contributed by atoms with van der Waals surface area (Å²) in [4.78, 5) is 14.6. The van der Waals surface area contributed by atoms with Gasteiger partial charge in [-0.3, -0.25) is 15.1 Å². The number of nitrogens with zero attached hydrogens (tertiary/aromatic N) is 2. The zero-order valence-corrected chi connectivity index (χ0v) is 11.3. The third-order valence-electron chi connectivity index (χ3n) is 3.01. The van der Waals surface area contributed by atoms with Gasteiger partial charge in [0, 0.05) is 17.3 Å². The first-order chi connectivity index (χ1) is 9.47. The molecule has 6 heteroatoms. The van der Waals surface area contributed by atoms with Crippen LogP contribution in [-0.2, 0) is 6.54 Å². The van der Waals surface area contributed by atoms with Gasteiger partial charge in [-0.05, 0) is 37.6 Å². The smallest absolute Gasteiger partial charge is 0.274 e. The highest BCUT2D eigenvalue weighted by atomic mass is 16.6. The fraction of sp³-hybridized carbons (Fsp3) is 0.214. The summed E-state index contributed by atoms with van der Waals surface area (Å²) >= 11 is 0. The van der Waals surface area contributed by atoms with Crippen molar-refractivity contribution in [3.8, 4) is 5.75 Å². The van der Waals surface area contributed by atoms with Gasteiger partial charge in [0.1, 0.15) is 5.75 Å². The SMILES string of the molecule is Cc1cc(C)c([N+](=O)[O-])cc1NCc1ccc(O)cn1. The summed E-state index contributed by atoms with van der Waals surface area (Å²) in [5.74, 6) is 0.107. The van der Waals surface area contributed by atoms with Crippen LogP contribution in [0.1, 0.15) is 16.8 Å². The predicted molar refractivity (Wildman–Crippen MR) is 75.8 cm³/mol. The lowest BCUT2D eigenvalue weighted by Crippen LogP contribution is -2.04. The second kappa shape index (κ2) is 5.56. The lowest BCUT2D eigenvalue weighted by atomic mass is 10.1. The molecule has 20 heavy (non-hydrogen) atoms. The van der Waals surface area contributed by atoms with Crippen molar-refractivity contribution in [2.75, 3.05) is 5.32 Å². The topological polar surface area (TPSA) is 88.3 Å². The Hall–Kier alpha value is -2.63. The monoisotopic (exact) mass is 273 g/mol. The Balaban J connectivity index is 2.18. The van der Waals surface area contributed by atoms with E-state index in [0.29, 0.717) is 17.8 Å². The maximum Gasteiger partial charge on any atom is 0.274 e. The largest absolute Gasteiger partial charge is 0.506 e. The number of nitrogens with one attached hydrogen (secondary N) is 1. The molecule has 1 aromatic heterocycles. The molecule has 0 aliphatic carbocycles. The minimum Gasteiger partial charge on any atom is -0.506 e. The molecule has 0 saturated carbocycles. The fourth-order valence-corrected chi connectivity index (χ4v) is 1.94. The molecular weight excluding hydrogens is 258 g/mol. The number of nitro benzene ring substituents is 1. The van der Waals surface area contributed by atoms with Crippen molar-refractivity contribution in [1.29, 1.82) is 0 Å². The second-order valence-corrected chi connectivity index (χ2v) is 4.57. The van der Waals surface area contributed by atoms with Crippen molar-refractivity contribution in [2.45, 2.75) is 20.4 Å². The molecule has 0 spiro atoms. The van der Waals surface area contributed by atoms with Crippen molar-refractivity contribution in [2.24, 2.45) is 0 Å². The number of pyridine rings is 1. The van der Waals surface area contributed by atoms with Gasteiger partial charge in [-0.2, -0.15) is 0 Å². The van der Waals surface area contributed by atoms with Gasteiger partial charge in [-0.1, -0.05) is 0 Å². The van der Waals surface area contributed by atoms with Crippen LogP contribution in [0.25, 0.3) is 0 Å². The molecule has 2 N–H and O–H groups in total. The highest BCUT2D eigenvalue weighted by molar-refractivity contribution is 5.60. The average molecular weight is 273 g/mol. The van der Waals surface area contributed by atoms with E-state index in [1.807, 2.05) is 6.92 Å². The number of nitro groups is 1. The number of benzene rings is 1. The van der Waals surface area contributed by atoms with Crippen LogP contribution in [0.4, 0.5) is 11.4 Å². The van der Waals surface area contributed by atoms with E-state index in [4.69, 9.17) is 5.11 Å². The van der Waals surface area contributed by atoms with Crippen LogP contribution in [-0.4, -0.2) is 15.0 Å². The summed E-state index contributed by atoms with van der Waals surface area (Å²) in [6.45, 7) is 4.04. The van der Waals surface area contributed by atoms with Gasteiger partial charge in [-0.15, -0.1) is 0 Å². The van der Waals surface area contributed by atoms with Gasteiger partial charge < -0.3 is 10.4 Å². The highest BCUT2D eigenvalue weighted by Gasteiger charge is 2.13. The maximum absolute atomic E-state index is 10.9. The molecule has 0 radical (unpaired) electrons. The van der Waals surface area contributed by atoms with E-state index in [2.05, 4.69) is 10.3 Å². The predicted octanol–water partition coefficient (Wildman–Crippen LogP) is 2.92. The molecule has 0 atom stereocenters. The Labute approximate surface area is 116 Å². The standard InChI is InChI=1S/C14H15N3O3/c1-9-5-10(2)14(17(19)20)6-13(9)16-7-11-3-4-12(18)8-15-11/h3-6,8,16,18H,7H2,1-2H3. The van der Waals surface area contributed by atoms with E-state index in [1.165, 1.54) is 12.3 Å². The first kappa shape index (κ1) is 13.8. The van der Waals surface area contributed by atoms with Crippen LogP contribution >= 0.6 is 0 Å². The van der Waals surface area contributed by atoms with E-state index in [1.54, 1.807) is 25.1 Å². The lowest BCUT2D eigenvalue weighted by molar-refractivity contribution is -0.385. The first-order valence-corrected chi connectivity index (χ1v) is 6.11. The fourth-order valence-electron chi connectivity index (χ4n) is 1.94. The van der Waals surface area contributed by atoms with Crippen molar-refractivity contribution < 1.29 is 10.0 Å². The first-order valence-electron chi connectivity index (χ1n) is 6.11. The summed E-state index contributed by atoms with van der Waals surface area (Å²) in [6, 6.07) is 6.56. The zero-order valence-electron chi connectivity index (χ0n) is 11.3. The van der Waals surface area contributed by atoms with Gasteiger partial charge in [0.25, 0.3) is 5.69 Å². The number of hydrogen-bond acceptors (Lipinski definition) is 5. The molecule has 6 nitrogen and oxygen atoms in total. The van der Waals surface area contributed by atoms with Crippen LogP contribution < -0.4 is 5.32 Å². The summed E-state index contributed by atoms with van der Waals surface area (Å²) in [7, 11) is 0. The van der Waals surface area contributed by atoms with Crippen LogP contribution in [0.5, 0.6) is 5.75 Å². The molecule has 0 unspecified atom stereocenters. The van der Waals surface area contributed by atoms with Crippen LogP contribution in [0, 0.1) is 24.0 Å². The molecule has 104 valence electrons. The van der Waals surface area contributed by atoms with Crippen LogP contribution in [0.15, 0.2) is 30.5 Å². The number of aromatic nitrogens is 1.